The Morgan fingerprint density at radius 1 is 1.50 bits per heavy atom. The second-order valence-electron chi connectivity index (χ2n) is 4.59. The molecule has 0 bridgehead atoms. The van der Waals surface area contributed by atoms with E-state index in [0.29, 0.717) is 6.04 Å². The van der Waals surface area contributed by atoms with Crippen molar-refractivity contribution in [2.45, 2.75) is 25.3 Å². The van der Waals surface area contributed by atoms with Gasteiger partial charge in [0.15, 0.2) is 0 Å². The SMILES string of the molecule is Clc1cc2c(s1)CCC2NCCc1cccnc1. The van der Waals surface area contributed by atoms with Gasteiger partial charge in [-0.25, -0.2) is 0 Å². The molecule has 1 aliphatic rings. The Morgan fingerprint density at radius 2 is 2.44 bits per heavy atom. The minimum Gasteiger partial charge on any atom is -0.310 e. The van der Waals surface area contributed by atoms with Gasteiger partial charge in [0.05, 0.1) is 4.34 Å². The summed E-state index contributed by atoms with van der Waals surface area (Å²) in [6, 6.07) is 6.72. The highest BCUT2D eigenvalue weighted by atomic mass is 35.5. The van der Waals surface area contributed by atoms with E-state index in [-0.39, 0.29) is 0 Å². The van der Waals surface area contributed by atoms with Gasteiger partial charge < -0.3 is 5.32 Å². The number of hydrogen-bond acceptors (Lipinski definition) is 3. The highest BCUT2D eigenvalue weighted by Gasteiger charge is 2.24. The third kappa shape index (κ3) is 2.58. The minimum atomic E-state index is 0.487. The van der Waals surface area contributed by atoms with E-state index in [2.05, 4.69) is 22.4 Å². The third-order valence-electron chi connectivity index (χ3n) is 3.37. The standard InChI is InChI=1S/C14H15ClN2S/c15-14-8-11-12(3-4-13(11)18-14)17-7-5-10-2-1-6-16-9-10/h1-2,6,8-9,12,17H,3-5,7H2. The van der Waals surface area contributed by atoms with Crippen molar-refractivity contribution in [3.8, 4) is 0 Å². The van der Waals surface area contributed by atoms with Crippen molar-refractivity contribution in [2.24, 2.45) is 0 Å². The van der Waals surface area contributed by atoms with Crippen LogP contribution >= 0.6 is 22.9 Å². The number of aromatic nitrogens is 1. The van der Waals surface area contributed by atoms with E-state index in [0.717, 1.165) is 23.7 Å². The van der Waals surface area contributed by atoms with Gasteiger partial charge in [0.1, 0.15) is 0 Å². The van der Waals surface area contributed by atoms with Gasteiger partial charge in [-0.05, 0) is 49.1 Å². The molecule has 0 saturated heterocycles. The number of nitrogens with one attached hydrogen (secondary N) is 1. The molecule has 4 heteroatoms. The van der Waals surface area contributed by atoms with Crippen LogP contribution in [0.25, 0.3) is 0 Å². The number of thiophene rings is 1. The molecule has 0 aliphatic heterocycles. The smallest absolute Gasteiger partial charge is 0.0934 e. The Kier molecular flexibility index (Phi) is 3.64. The number of aryl methyl sites for hydroxylation is 1. The summed E-state index contributed by atoms with van der Waals surface area (Å²) in [7, 11) is 0. The number of halogens is 1. The van der Waals surface area contributed by atoms with Gasteiger partial charge in [0.2, 0.25) is 0 Å². The lowest BCUT2D eigenvalue weighted by molar-refractivity contribution is 0.533. The van der Waals surface area contributed by atoms with Gasteiger partial charge in [-0.3, -0.25) is 4.98 Å². The molecular weight excluding hydrogens is 264 g/mol. The molecule has 0 fully saturated rings. The van der Waals surface area contributed by atoms with Crippen LogP contribution in [-0.4, -0.2) is 11.5 Å². The largest absolute Gasteiger partial charge is 0.310 e. The molecule has 94 valence electrons. The first kappa shape index (κ1) is 12.2. The van der Waals surface area contributed by atoms with Crippen molar-refractivity contribution in [1.29, 1.82) is 0 Å². The van der Waals surface area contributed by atoms with Crippen LogP contribution < -0.4 is 5.32 Å². The Bertz CT molecular complexity index is 524. The molecule has 2 nitrogen and oxygen atoms in total. The zero-order valence-corrected chi connectivity index (χ0v) is 11.6. The first-order valence-corrected chi connectivity index (χ1v) is 7.43. The molecule has 18 heavy (non-hydrogen) atoms. The fraction of sp³-hybridized carbons (Fsp3) is 0.357. The number of fused-ring (bicyclic) bond motifs is 1. The quantitative estimate of drug-likeness (QED) is 0.924. The van der Waals surface area contributed by atoms with Crippen molar-refractivity contribution in [2.75, 3.05) is 6.54 Å². The number of nitrogens with zero attached hydrogens (tertiary/aromatic N) is 1. The maximum Gasteiger partial charge on any atom is 0.0934 e. The van der Waals surface area contributed by atoms with Crippen LogP contribution in [0.15, 0.2) is 30.6 Å². The summed E-state index contributed by atoms with van der Waals surface area (Å²) in [6.45, 7) is 0.989. The van der Waals surface area contributed by atoms with E-state index in [1.54, 1.807) is 11.3 Å². The van der Waals surface area contributed by atoms with Gasteiger partial charge >= 0.3 is 0 Å². The first-order valence-electron chi connectivity index (χ1n) is 6.23. The third-order valence-corrected chi connectivity index (χ3v) is 4.71. The zero-order valence-electron chi connectivity index (χ0n) is 10.0. The fourth-order valence-electron chi connectivity index (χ4n) is 2.48. The Labute approximate surface area is 116 Å². The summed E-state index contributed by atoms with van der Waals surface area (Å²) in [5.74, 6) is 0. The van der Waals surface area contributed by atoms with Crippen LogP contribution in [0, 0.1) is 0 Å². The maximum atomic E-state index is 6.06. The number of rotatable bonds is 4. The molecule has 1 N–H and O–H groups in total. The Hall–Kier alpha value is -0.900. The summed E-state index contributed by atoms with van der Waals surface area (Å²) in [4.78, 5) is 5.59. The average Bonchev–Trinajstić information content (AvgIpc) is 2.91. The lowest BCUT2D eigenvalue weighted by atomic mass is 10.1. The van der Waals surface area contributed by atoms with E-state index in [4.69, 9.17) is 11.6 Å². The minimum absolute atomic E-state index is 0.487. The maximum absolute atomic E-state index is 6.06. The molecular formula is C14H15ClN2S. The van der Waals surface area contributed by atoms with Gasteiger partial charge in [-0.15, -0.1) is 11.3 Å². The topological polar surface area (TPSA) is 24.9 Å². The highest BCUT2D eigenvalue weighted by Crippen LogP contribution is 2.39. The molecule has 0 aromatic carbocycles. The monoisotopic (exact) mass is 278 g/mol. The van der Waals surface area contributed by atoms with Gasteiger partial charge in [0, 0.05) is 23.3 Å². The van der Waals surface area contributed by atoms with Crippen molar-refractivity contribution < 1.29 is 0 Å². The summed E-state index contributed by atoms with van der Waals surface area (Å²) >= 11 is 7.78. The summed E-state index contributed by atoms with van der Waals surface area (Å²) in [5, 5.41) is 3.62. The molecule has 1 unspecified atom stereocenters. The molecule has 0 spiro atoms. The second kappa shape index (κ2) is 5.39. The van der Waals surface area contributed by atoms with Crippen molar-refractivity contribution >= 4 is 22.9 Å². The molecule has 2 heterocycles. The summed E-state index contributed by atoms with van der Waals surface area (Å²) in [6.07, 6.45) is 7.14. The predicted octanol–water partition coefficient (Wildman–Crippen LogP) is 3.62. The molecule has 2 aromatic heterocycles. The van der Waals surface area contributed by atoms with Crippen molar-refractivity contribution in [3.63, 3.8) is 0 Å². The normalized spacial score (nSPS) is 17.9. The summed E-state index contributed by atoms with van der Waals surface area (Å²) < 4.78 is 0.916. The van der Waals surface area contributed by atoms with Gasteiger partial charge in [0.25, 0.3) is 0 Å². The second-order valence-corrected chi connectivity index (χ2v) is 6.35. The highest BCUT2D eigenvalue weighted by molar-refractivity contribution is 7.16. The zero-order chi connectivity index (χ0) is 12.4. The van der Waals surface area contributed by atoms with E-state index in [9.17, 15) is 0 Å². The van der Waals surface area contributed by atoms with Crippen LogP contribution in [0.1, 0.15) is 28.5 Å². The van der Waals surface area contributed by atoms with Crippen LogP contribution in [0.4, 0.5) is 0 Å². The van der Waals surface area contributed by atoms with E-state index >= 15 is 0 Å². The van der Waals surface area contributed by atoms with Gasteiger partial charge in [-0.1, -0.05) is 17.7 Å². The lowest BCUT2D eigenvalue weighted by Crippen LogP contribution is -2.21. The first-order chi connectivity index (χ1) is 8.83. The van der Waals surface area contributed by atoms with Crippen molar-refractivity contribution in [3.05, 3.63) is 50.9 Å². The molecule has 0 radical (unpaired) electrons. The molecule has 1 atom stereocenters. The molecule has 0 amide bonds. The molecule has 3 rings (SSSR count). The van der Waals surface area contributed by atoms with E-state index in [1.165, 1.54) is 22.4 Å². The van der Waals surface area contributed by atoms with Crippen LogP contribution in [0.2, 0.25) is 4.34 Å². The van der Waals surface area contributed by atoms with Gasteiger partial charge in [-0.2, -0.15) is 0 Å². The summed E-state index contributed by atoms with van der Waals surface area (Å²) in [5.41, 5.74) is 2.70. The van der Waals surface area contributed by atoms with Crippen molar-refractivity contribution in [1.82, 2.24) is 10.3 Å². The molecule has 1 aliphatic carbocycles. The van der Waals surface area contributed by atoms with Crippen LogP contribution in [0.3, 0.4) is 0 Å². The number of pyridine rings is 1. The fourth-order valence-corrected chi connectivity index (χ4v) is 3.84. The van der Waals surface area contributed by atoms with E-state index < -0.39 is 0 Å². The number of hydrogen-bond donors (Lipinski definition) is 1. The van der Waals surface area contributed by atoms with Crippen LogP contribution in [-0.2, 0) is 12.8 Å². The lowest BCUT2D eigenvalue weighted by Gasteiger charge is -2.12. The van der Waals surface area contributed by atoms with E-state index in [1.807, 2.05) is 18.5 Å². The Morgan fingerprint density at radius 3 is 3.28 bits per heavy atom. The molecule has 0 saturated carbocycles. The average molecular weight is 279 g/mol. The predicted molar refractivity (Wildman–Crippen MR) is 76.3 cm³/mol. The Balaban J connectivity index is 1.56. The van der Waals surface area contributed by atoms with Crippen LogP contribution in [0.5, 0.6) is 0 Å². The molecule has 2 aromatic rings.